The quantitative estimate of drug-likeness (QED) is 0.471. The molecule has 3 amide bonds. The van der Waals surface area contributed by atoms with Gasteiger partial charge in [-0.25, -0.2) is 4.79 Å². The molecule has 3 aliphatic heterocycles. The highest BCUT2D eigenvalue weighted by atomic mass is 32.1. The van der Waals surface area contributed by atoms with Crippen LogP contribution in [0, 0.1) is 11.8 Å². The zero-order valence-corrected chi connectivity index (χ0v) is 21.9. The normalized spacial score (nSPS) is 23.7. The molecule has 3 aromatic heterocycles. The lowest BCUT2D eigenvalue weighted by Gasteiger charge is -2.45. The van der Waals surface area contributed by atoms with Gasteiger partial charge in [0.05, 0.1) is 30.9 Å². The fourth-order valence-electron chi connectivity index (χ4n) is 6.47. The molecule has 2 N–H and O–H groups in total. The number of amides is 3. The molecule has 4 aliphatic rings. The monoisotopic (exact) mass is 549 g/mol. The molecule has 0 bridgehead atoms. The highest BCUT2D eigenvalue weighted by Gasteiger charge is 2.51. The zero-order chi connectivity index (χ0) is 26.8. The van der Waals surface area contributed by atoms with Gasteiger partial charge in [0.2, 0.25) is 5.91 Å². The number of aromatic amines is 2. The molecule has 0 aromatic carbocycles. The molecule has 0 spiro atoms. The molecular weight excluding hydrogens is 522 g/mol. The van der Waals surface area contributed by atoms with Gasteiger partial charge in [0, 0.05) is 54.1 Å². The summed E-state index contributed by atoms with van der Waals surface area (Å²) in [7, 11) is 0. The van der Waals surface area contributed by atoms with Crippen molar-refractivity contribution in [3.8, 4) is 0 Å². The lowest BCUT2D eigenvalue weighted by molar-refractivity contribution is -0.146. The van der Waals surface area contributed by atoms with Crippen LogP contribution in [-0.4, -0.2) is 84.4 Å². The number of thiophene rings is 1. The van der Waals surface area contributed by atoms with Crippen molar-refractivity contribution in [3.63, 3.8) is 0 Å². The molecule has 2 saturated heterocycles. The number of nitrogens with zero attached hydrogens (tertiary/aromatic N) is 5. The van der Waals surface area contributed by atoms with Crippen molar-refractivity contribution in [3.05, 3.63) is 71.9 Å². The molecule has 2 fully saturated rings. The molecule has 3 atom stereocenters. The Morgan fingerprint density at radius 3 is 2.79 bits per heavy atom. The Bertz CT molecular complexity index is 1600. The third kappa shape index (κ3) is 3.94. The molecule has 202 valence electrons. The second-order valence-corrected chi connectivity index (χ2v) is 11.8. The first-order valence-corrected chi connectivity index (χ1v) is 14.1. The fourth-order valence-corrected chi connectivity index (χ4v) is 7.19. The van der Waals surface area contributed by atoms with E-state index in [1.807, 2.05) is 22.4 Å². The van der Waals surface area contributed by atoms with Gasteiger partial charge < -0.3 is 19.7 Å². The van der Waals surface area contributed by atoms with E-state index in [2.05, 4.69) is 15.1 Å². The van der Waals surface area contributed by atoms with Crippen LogP contribution in [0.25, 0.3) is 0 Å². The van der Waals surface area contributed by atoms with Gasteiger partial charge in [0.1, 0.15) is 5.69 Å². The lowest BCUT2D eigenvalue weighted by Crippen LogP contribution is -2.60. The van der Waals surface area contributed by atoms with Crippen LogP contribution < -0.4 is 11.2 Å². The van der Waals surface area contributed by atoms with Crippen molar-refractivity contribution >= 4 is 29.1 Å². The topological polar surface area (TPSA) is 144 Å². The standard InChI is InChI=1S/C26H27N7O5S/c34-22-17-8-14(3-4-19(17)28-26(38)29-22)23(35)32-11-15-10-31(13-20(15)32)24(36)18-9-27-33-6-5-30(25(37)21(18)33)12-16-2-1-7-39-16/h1-2,7,9,14-15,20H,3-6,8,10-13H2,(H2,28,29,34,38)/t14?,15-,20-/m0/s1. The van der Waals surface area contributed by atoms with Crippen LogP contribution in [0.3, 0.4) is 0 Å². The van der Waals surface area contributed by atoms with Crippen LogP contribution in [0.4, 0.5) is 0 Å². The molecule has 39 heavy (non-hydrogen) atoms. The summed E-state index contributed by atoms with van der Waals surface area (Å²) in [6.07, 6.45) is 2.83. The average molecular weight is 550 g/mol. The highest BCUT2D eigenvalue weighted by molar-refractivity contribution is 7.09. The Kier molecular flexibility index (Phi) is 5.58. The Morgan fingerprint density at radius 2 is 1.97 bits per heavy atom. The first-order chi connectivity index (χ1) is 18.9. The van der Waals surface area contributed by atoms with Gasteiger partial charge in [-0.3, -0.25) is 28.8 Å². The number of likely N-dealkylation sites (tertiary alicyclic amines) is 2. The first-order valence-electron chi connectivity index (χ1n) is 13.2. The summed E-state index contributed by atoms with van der Waals surface area (Å²) in [6, 6.07) is 3.88. The van der Waals surface area contributed by atoms with E-state index in [-0.39, 0.29) is 35.6 Å². The predicted molar refractivity (Wildman–Crippen MR) is 139 cm³/mol. The number of fused-ring (bicyclic) bond motifs is 3. The third-order valence-electron chi connectivity index (χ3n) is 8.55. The minimum Gasteiger partial charge on any atom is -0.337 e. The van der Waals surface area contributed by atoms with E-state index in [0.717, 1.165) is 4.88 Å². The number of aromatic nitrogens is 4. The van der Waals surface area contributed by atoms with Crippen molar-refractivity contribution in [1.29, 1.82) is 0 Å². The van der Waals surface area contributed by atoms with Crippen molar-refractivity contribution < 1.29 is 14.4 Å². The van der Waals surface area contributed by atoms with Crippen molar-refractivity contribution in [2.24, 2.45) is 11.8 Å². The van der Waals surface area contributed by atoms with Crippen LogP contribution in [-0.2, 0) is 30.7 Å². The highest BCUT2D eigenvalue weighted by Crippen LogP contribution is 2.36. The molecular formula is C26H27N7O5S. The minimum absolute atomic E-state index is 0.0101. The number of H-pyrrole nitrogens is 2. The van der Waals surface area contributed by atoms with Gasteiger partial charge in [0.25, 0.3) is 17.4 Å². The first kappa shape index (κ1) is 24.1. The van der Waals surface area contributed by atoms with Crippen molar-refractivity contribution in [1.82, 2.24) is 34.4 Å². The summed E-state index contributed by atoms with van der Waals surface area (Å²) in [6.45, 7) is 3.09. The van der Waals surface area contributed by atoms with E-state index in [1.54, 1.807) is 25.8 Å². The second kappa shape index (κ2) is 9.04. The average Bonchev–Trinajstić information content (AvgIpc) is 3.65. The maximum atomic E-state index is 13.6. The number of rotatable bonds is 4. The Labute approximate surface area is 226 Å². The van der Waals surface area contributed by atoms with E-state index in [4.69, 9.17) is 0 Å². The Balaban J connectivity index is 1.03. The molecule has 13 heteroatoms. The van der Waals surface area contributed by atoms with Crippen LogP contribution >= 0.6 is 11.3 Å². The van der Waals surface area contributed by atoms with Crippen molar-refractivity contribution in [2.45, 2.75) is 38.4 Å². The van der Waals surface area contributed by atoms with E-state index >= 15 is 0 Å². The molecule has 1 unspecified atom stereocenters. The summed E-state index contributed by atoms with van der Waals surface area (Å²) in [4.78, 5) is 75.5. The van der Waals surface area contributed by atoms with Gasteiger partial charge in [-0.05, 0) is 30.7 Å². The van der Waals surface area contributed by atoms with Gasteiger partial charge in [-0.1, -0.05) is 6.07 Å². The smallest absolute Gasteiger partial charge is 0.325 e. The van der Waals surface area contributed by atoms with Gasteiger partial charge in [-0.2, -0.15) is 5.10 Å². The van der Waals surface area contributed by atoms with Crippen molar-refractivity contribution in [2.75, 3.05) is 26.2 Å². The second-order valence-electron chi connectivity index (χ2n) is 10.8. The molecule has 7 rings (SSSR count). The summed E-state index contributed by atoms with van der Waals surface area (Å²) in [5, 5.41) is 6.31. The summed E-state index contributed by atoms with van der Waals surface area (Å²) in [5.41, 5.74) is 0.773. The summed E-state index contributed by atoms with van der Waals surface area (Å²) >= 11 is 1.60. The number of aryl methyl sites for hydroxylation is 1. The summed E-state index contributed by atoms with van der Waals surface area (Å²) in [5.74, 6) is -0.574. The molecule has 12 nitrogen and oxygen atoms in total. The largest absolute Gasteiger partial charge is 0.337 e. The lowest BCUT2D eigenvalue weighted by atomic mass is 9.83. The Hall–Kier alpha value is -4.00. The molecule has 6 heterocycles. The van der Waals surface area contributed by atoms with Gasteiger partial charge in [0.15, 0.2) is 0 Å². The van der Waals surface area contributed by atoms with E-state index in [9.17, 15) is 24.0 Å². The number of carbonyl (C=O) groups excluding carboxylic acids is 3. The Morgan fingerprint density at radius 1 is 1.10 bits per heavy atom. The van der Waals surface area contributed by atoms with E-state index < -0.39 is 11.2 Å². The third-order valence-corrected chi connectivity index (χ3v) is 9.41. The molecule has 0 saturated carbocycles. The van der Waals surface area contributed by atoms with Crippen LogP contribution in [0.2, 0.25) is 0 Å². The number of hydrogen-bond acceptors (Lipinski definition) is 7. The van der Waals surface area contributed by atoms with E-state index in [1.165, 1.54) is 6.20 Å². The molecule has 1 aliphatic carbocycles. The predicted octanol–water partition coefficient (Wildman–Crippen LogP) is 0.0651. The summed E-state index contributed by atoms with van der Waals surface area (Å²) < 4.78 is 1.62. The molecule has 3 aromatic rings. The minimum atomic E-state index is -0.526. The zero-order valence-electron chi connectivity index (χ0n) is 21.1. The van der Waals surface area contributed by atoms with Gasteiger partial charge in [-0.15, -0.1) is 11.3 Å². The van der Waals surface area contributed by atoms with Crippen LogP contribution in [0.1, 0.15) is 43.4 Å². The van der Waals surface area contributed by atoms with E-state index in [0.29, 0.717) is 81.0 Å². The fraction of sp³-hybridized carbons (Fsp3) is 0.462. The number of hydrogen-bond donors (Lipinski definition) is 2. The number of nitrogens with one attached hydrogen (secondary N) is 2. The maximum Gasteiger partial charge on any atom is 0.325 e. The van der Waals surface area contributed by atoms with Crippen LogP contribution in [0.5, 0.6) is 0 Å². The molecule has 0 radical (unpaired) electrons. The SMILES string of the molecule is O=C(c1cnn2c1C(=O)N(Cc1cccs1)CC2)N1C[C@H]2CN(C(=O)C3CCc4[nH]c(=O)[nH]c(=O)c4C3)[C@H]2C1. The number of carbonyl (C=O) groups is 3. The van der Waals surface area contributed by atoms with Crippen LogP contribution in [0.15, 0.2) is 33.3 Å². The maximum absolute atomic E-state index is 13.6. The van der Waals surface area contributed by atoms with Gasteiger partial charge >= 0.3 is 5.69 Å².